The van der Waals surface area contributed by atoms with Gasteiger partial charge in [0.1, 0.15) is 5.82 Å². The Morgan fingerprint density at radius 1 is 1.17 bits per heavy atom. The van der Waals surface area contributed by atoms with Gasteiger partial charge >= 0.3 is 0 Å². The molecule has 0 spiro atoms. The molecule has 0 aliphatic carbocycles. The van der Waals surface area contributed by atoms with E-state index >= 15 is 0 Å². The molecule has 2 aromatic rings. The molecule has 1 N–H and O–H groups in total. The number of carbonyl (C=O) groups excluding carboxylic acids is 3. The highest BCUT2D eigenvalue weighted by Gasteiger charge is 2.60. The van der Waals surface area contributed by atoms with Crippen molar-refractivity contribution in [2.75, 3.05) is 11.4 Å². The molecule has 2 atom stereocenters. The molecule has 2 aliphatic rings. The van der Waals surface area contributed by atoms with E-state index in [1.807, 2.05) is 0 Å². The second kappa shape index (κ2) is 6.99. The summed E-state index contributed by atoms with van der Waals surface area (Å²) >= 11 is 0. The Balaban J connectivity index is 1.75. The molecule has 7 heteroatoms. The monoisotopic (exact) mass is 395 g/mol. The van der Waals surface area contributed by atoms with Crippen LogP contribution in [0.2, 0.25) is 0 Å². The van der Waals surface area contributed by atoms with E-state index in [2.05, 4.69) is 5.32 Å². The van der Waals surface area contributed by atoms with Crippen LogP contribution in [-0.4, -0.2) is 34.8 Å². The quantitative estimate of drug-likeness (QED) is 0.865. The van der Waals surface area contributed by atoms with Crippen molar-refractivity contribution in [2.45, 2.75) is 38.4 Å². The third-order valence-electron chi connectivity index (χ3n) is 5.77. The highest BCUT2D eigenvalue weighted by Crippen LogP contribution is 2.44. The minimum Gasteiger partial charge on any atom is -0.346 e. The molecule has 3 amide bonds. The van der Waals surface area contributed by atoms with Crippen LogP contribution in [-0.2, 0) is 9.59 Å². The van der Waals surface area contributed by atoms with E-state index in [0.717, 1.165) is 5.56 Å². The van der Waals surface area contributed by atoms with Crippen LogP contribution < -0.4 is 10.2 Å². The Bertz CT molecular complexity index is 991. The largest absolute Gasteiger partial charge is 0.346 e. The number of hydrogen-bond acceptors (Lipinski definition) is 3. The molecule has 150 valence electrons. The number of amides is 3. The molecule has 1 saturated heterocycles. The van der Waals surface area contributed by atoms with Crippen LogP contribution in [0.1, 0.15) is 48.7 Å². The highest BCUT2D eigenvalue weighted by atomic mass is 19.1. The van der Waals surface area contributed by atoms with Crippen LogP contribution in [0, 0.1) is 5.82 Å². The van der Waals surface area contributed by atoms with Crippen molar-refractivity contribution in [1.29, 1.82) is 0 Å². The van der Waals surface area contributed by atoms with Gasteiger partial charge in [0, 0.05) is 19.4 Å². The van der Waals surface area contributed by atoms with Gasteiger partial charge in [-0.15, -0.1) is 0 Å². The lowest BCUT2D eigenvalue weighted by Gasteiger charge is -2.49. The summed E-state index contributed by atoms with van der Waals surface area (Å²) in [4.78, 5) is 42.5. The average Bonchev–Trinajstić information content (AvgIpc) is 3.07. The standard InChI is InChI=1S/C22H22FN3O3/c1-3-25-20(28)17-6-4-5-7-18(17)26-19(27)12-13-22(25,26)21(29)24-14(2)15-8-10-16(23)11-9-15/h4-11,14H,3,12-13H2,1-2H3,(H,24,29)/t14-,22+/m0/s1. The smallest absolute Gasteiger partial charge is 0.267 e. The lowest BCUT2D eigenvalue weighted by Crippen LogP contribution is -2.70. The Labute approximate surface area is 168 Å². The number of benzene rings is 2. The number of nitrogens with zero attached hydrogens (tertiary/aromatic N) is 2. The van der Waals surface area contributed by atoms with Gasteiger partial charge in [0.15, 0.2) is 0 Å². The maximum atomic E-state index is 13.5. The lowest BCUT2D eigenvalue weighted by atomic mass is 9.95. The van der Waals surface area contributed by atoms with Gasteiger partial charge in [0.25, 0.3) is 11.8 Å². The molecule has 0 radical (unpaired) electrons. The number of carbonyl (C=O) groups is 3. The molecule has 2 heterocycles. The van der Waals surface area contributed by atoms with Gasteiger partial charge < -0.3 is 10.2 Å². The lowest BCUT2D eigenvalue weighted by molar-refractivity contribution is -0.134. The zero-order valence-corrected chi connectivity index (χ0v) is 16.3. The predicted octanol–water partition coefficient (Wildman–Crippen LogP) is 3.00. The summed E-state index contributed by atoms with van der Waals surface area (Å²) in [6.45, 7) is 3.87. The summed E-state index contributed by atoms with van der Waals surface area (Å²) in [6, 6.07) is 12.3. The first-order valence-corrected chi connectivity index (χ1v) is 9.70. The van der Waals surface area contributed by atoms with E-state index in [9.17, 15) is 18.8 Å². The predicted molar refractivity (Wildman–Crippen MR) is 106 cm³/mol. The first-order chi connectivity index (χ1) is 13.9. The summed E-state index contributed by atoms with van der Waals surface area (Å²) < 4.78 is 13.2. The SMILES string of the molecule is CCN1C(=O)c2ccccc2N2C(=O)CC[C@@]12C(=O)N[C@@H](C)c1ccc(F)cc1. The fourth-order valence-electron chi connectivity index (χ4n) is 4.35. The van der Waals surface area contributed by atoms with E-state index in [1.54, 1.807) is 50.2 Å². The molecular weight excluding hydrogens is 373 g/mol. The molecule has 0 bridgehead atoms. The number of hydrogen-bond donors (Lipinski definition) is 1. The second-order valence-electron chi connectivity index (χ2n) is 7.36. The van der Waals surface area contributed by atoms with E-state index in [-0.39, 0.29) is 37.0 Å². The zero-order chi connectivity index (χ0) is 20.8. The first-order valence-electron chi connectivity index (χ1n) is 9.70. The summed E-state index contributed by atoms with van der Waals surface area (Å²) in [7, 11) is 0. The average molecular weight is 395 g/mol. The van der Waals surface area contributed by atoms with E-state index < -0.39 is 17.6 Å². The molecule has 0 unspecified atom stereocenters. The van der Waals surface area contributed by atoms with Gasteiger partial charge in [-0.2, -0.15) is 0 Å². The second-order valence-corrected chi connectivity index (χ2v) is 7.36. The van der Waals surface area contributed by atoms with Crippen molar-refractivity contribution in [3.8, 4) is 0 Å². The molecular formula is C22H22FN3O3. The van der Waals surface area contributed by atoms with Gasteiger partial charge in [0.05, 0.1) is 17.3 Å². The molecule has 1 fully saturated rings. The van der Waals surface area contributed by atoms with Crippen LogP contribution in [0.4, 0.5) is 10.1 Å². The maximum absolute atomic E-state index is 13.5. The van der Waals surface area contributed by atoms with Gasteiger partial charge in [-0.1, -0.05) is 24.3 Å². The summed E-state index contributed by atoms with van der Waals surface area (Å²) in [5, 5.41) is 2.93. The van der Waals surface area contributed by atoms with Crippen LogP contribution >= 0.6 is 0 Å². The number of para-hydroxylation sites is 1. The van der Waals surface area contributed by atoms with Crippen molar-refractivity contribution in [1.82, 2.24) is 10.2 Å². The molecule has 4 rings (SSSR count). The van der Waals surface area contributed by atoms with Crippen molar-refractivity contribution >= 4 is 23.4 Å². The Morgan fingerprint density at radius 3 is 2.55 bits per heavy atom. The third kappa shape index (κ3) is 2.80. The van der Waals surface area contributed by atoms with E-state index in [1.165, 1.54) is 21.9 Å². The summed E-state index contributed by atoms with van der Waals surface area (Å²) in [5.41, 5.74) is 0.220. The Hall–Kier alpha value is -3.22. The number of rotatable bonds is 4. The van der Waals surface area contributed by atoms with Crippen LogP contribution in [0.3, 0.4) is 0 Å². The number of likely N-dealkylation sites (N-methyl/N-ethyl adjacent to an activating group) is 1. The van der Waals surface area contributed by atoms with Crippen molar-refractivity contribution in [3.05, 3.63) is 65.5 Å². The van der Waals surface area contributed by atoms with Gasteiger partial charge in [-0.25, -0.2) is 4.39 Å². The van der Waals surface area contributed by atoms with Gasteiger partial charge in [0.2, 0.25) is 11.6 Å². The number of halogens is 1. The van der Waals surface area contributed by atoms with E-state index in [0.29, 0.717) is 11.3 Å². The van der Waals surface area contributed by atoms with Gasteiger partial charge in [-0.05, 0) is 43.7 Å². The van der Waals surface area contributed by atoms with Crippen molar-refractivity contribution in [3.63, 3.8) is 0 Å². The number of fused-ring (bicyclic) bond motifs is 3. The third-order valence-corrected chi connectivity index (χ3v) is 5.77. The van der Waals surface area contributed by atoms with Crippen LogP contribution in [0.25, 0.3) is 0 Å². The van der Waals surface area contributed by atoms with Crippen LogP contribution in [0.15, 0.2) is 48.5 Å². The van der Waals surface area contributed by atoms with Crippen molar-refractivity contribution < 1.29 is 18.8 Å². The highest BCUT2D eigenvalue weighted by molar-refractivity contribution is 6.16. The molecule has 29 heavy (non-hydrogen) atoms. The number of nitrogens with one attached hydrogen (secondary N) is 1. The minimum atomic E-state index is -1.40. The van der Waals surface area contributed by atoms with Crippen molar-refractivity contribution in [2.24, 2.45) is 0 Å². The fraction of sp³-hybridized carbons (Fsp3) is 0.318. The Morgan fingerprint density at radius 2 is 1.86 bits per heavy atom. The molecule has 2 aromatic carbocycles. The zero-order valence-electron chi connectivity index (χ0n) is 16.3. The molecule has 0 saturated carbocycles. The Kier molecular flexibility index (Phi) is 4.61. The molecule has 2 aliphatic heterocycles. The fourth-order valence-corrected chi connectivity index (χ4v) is 4.35. The molecule has 6 nitrogen and oxygen atoms in total. The summed E-state index contributed by atoms with van der Waals surface area (Å²) in [6.07, 6.45) is 0.401. The maximum Gasteiger partial charge on any atom is 0.267 e. The first kappa shape index (κ1) is 19.1. The molecule has 0 aromatic heterocycles. The van der Waals surface area contributed by atoms with Crippen LogP contribution in [0.5, 0.6) is 0 Å². The van der Waals surface area contributed by atoms with Gasteiger partial charge in [-0.3, -0.25) is 19.3 Å². The number of anilines is 1. The normalized spacial score (nSPS) is 21.6. The van der Waals surface area contributed by atoms with E-state index in [4.69, 9.17) is 0 Å². The summed E-state index contributed by atoms with van der Waals surface area (Å²) in [5.74, 6) is -1.22. The topological polar surface area (TPSA) is 69.7 Å². The minimum absolute atomic E-state index is 0.177.